The standard InChI is InChI=1S/C9H17N3O3/c1-2-7(8(13)14)11-9(15)12-4-3-6(10)5-12/h6-7H,2-5,10H2,1H3,(H,11,15)(H,13,14). The minimum absolute atomic E-state index is 0.0145. The van der Waals surface area contributed by atoms with Crippen molar-refractivity contribution >= 4 is 12.0 Å². The van der Waals surface area contributed by atoms with E-state index in [2.05, 4.69) is 5.32 Å². The number of hydrogen-bond acceptors (Lipinski definition) is 3. The Morgan fingerprint density at radius 2 is 2.33 bits per heavy atom. The van der Waals surface area contributed by atoms with Crippen molar-refractivity contribution in [3.8, 4) is 0 Å². The molecule has 86 valence electrons. The first-order valence-electron chi connectivity index (χ1n) is 5.08. The Morgan fingerprint density at radius 1 is 1.67 bits per heavy atom. The van der Waals surface area contributed by atoms with E-state index in [0.29, 0.717) is 19.5 Å². The number of carboxylic acids is 1. The highest BCUT2D eigenvalue weighted by Crippen LogP contribution is 2.07. The third-order valence-electron chi connectivity index (χ3n) is 2.52. The molecule has 0 bridgehead atoms. The predicted molar refractivity (Wildman–Crippen MR) is 54.4 cm³/mol. The smallest absolute Gasteiger partial charge is 0.326 e. The van der Waals surface area contributed by atoms with Crippen molar-refractivity contribution in [3.05, 3.63) is 0 Å². The van der Waals surface area contributed by atoms with E-state index in [1.165, 1.54) is 0 Å². The summed E-state index contributed by atoms with van der Waals surface area (Å²) in [7, 11) is 0. The lowest BCUT2D eigenvalue weighted by Crippen LogP contribution is -2.47. The molecule has 2 unspecified atom stereocenters. The maximum Gasteiger partial charge on any atom is 0.326 e. The Labute approximate surface area is 88.4 Å². The van der Waals surface area contributed by atoms with Gasteiger partial charge < -0.3 is 21.1 Å². The molecule has 4 N–H and O–H groups in total. The molecule has 0 aliphatic carbocycles. The third-order valence-corrected chi connectivity index (χ3v) is 2.52. The summed E-state index contributed by atoms with van der Waals surface area (Å²) < 4.78 is 0. The van der Waals surface area contributed by atoms with Crippen LogP contribution in [0.25, 0.3) is 0 Å². The van der Waals surface area contributed by atoms with Crippen LogP contribution in [0.3, 0.4) is 0 Å². The van der Waals surface area contributed by atoms with Gasteiger partial charge in [-0.2, -0.15) is 0 Å². The van der Waals surface area contributed by atoms with Crippen LogP contribution in [0, 0.1) is 0 Å². The fourth-order valence-corrected chi connectivity index (χ4v) is 1.55. The second-order valence-corrected chi connectivity index (χ2v) is 3.74. The summed E-state index contributed by atoms with van der Waals surface area (Å²) in [6.07, 6.45) is 1.15. The second-order valence-electron chi connectivity index (χ2n) is 3.74. The number of rotatable bonds is 3. The van der Waals surface area contributed by atoms with E-state index in [4.69, 9.17) is 10.8 Å². The molecule has 0 aromatic carbocycles. The number of nitrogens with one attached hydrogen (secondary N) is 1. The van der Waals surface area contributed by atoms with E-state index in [1.54, 1.807) is 11.8 Å². The van der Waals surface area contributed by atoms with Crippen LogP contribution in [0.1, 0.15) is 19.8 Å². The number of hydrogen-bond donors (Lipinski definition) is 3. The predicted octanol–water partition coefficient (Wildman–Crippen LogP) is -0.408. The maximum absolute atomic E-state index is 11.6. The largest absolute Gasteiger partial charge is 0.480 e. The average Bonchev–Trinajstić information content (AvgIpc) is 2.60. The molecular formula is C9H17N3O3. The Hall–Kier alpha value is -1.30. The lowest BCUT2D eigenvalue weighted by molar-refractivity contribution is -0.139. The first kappa shape index (κ1) is 11.8. The molecule has 0 spiro atoms. The van der Waals surface area contributed by atoms with Crippen molar-refractivity contribution in [1.82, 2.24) is 10.2 Å². The third kappa shape index (κ3) is 3.09. The van der Waals surface area contributed by atoms with Crippen molar-refractivity contribution in [1.29, 1.82) is 0 Å². The van der Waals surface area contributed by atoms with E-state index in [1.807, 2.05) is 0 Å². The van der Waals surface area contributed by atoms with Crippen LogP contribution in [0.4, 0.5) is 4.79 Å². The summed E-state index contributed by atoms with van der Waals surface area (Å²) in [5.74, 6) is -1.01. The zero-order valence-corrected chi connectivity index (χ0v) is 8.77. The normalized spacial score (nSPS) is 22.5. The highest BCUT2D eigenvalue weighted by Gasteiger charge is 2.26. The summed E-state index contributed by atoms with van der Waals surface area (Å²) in [5, 5.41) is 11.2. The summed E-state index contributed by atoms with van der Waals surface area (Å²) >= 11 is 0. The summed E-state index contributed by atoms with van der Waals surface area (Å²) in [6, 6.07) is -1.13. The maximum atomic E-state index is 11.6. The molecule has 6 nitrogen and oxygen atoms in total. The number of urea groups is 1. The molecule has 1 heterocycles. The second kappa shape index (κ2) is 4.97. The first-order valence-corrected chi connectivity index (χ1v) is 5.08. The Bertz CT molecular complexity index is 257. The number of amides is 2. The lowest BCUT2D eigenvalue weighted by Gasteiger charge is -2.19. The molecule has 1 aliphatic rings. The lowest BCUT2D eigenvalue weighted by atomic mass is 10.2. The van der Waals surface area contributed by atoms with Crippen LogP contribution in [-0.2, 0) is 4.79 Å². The van der Waals surface area contributed by atoms with Crippen LogP contribution in [0.5, 0.6) is 0 Å². The van der Waals surface area contributed by atoms with Gasteiger partial charge in [0.1, 0.15) is 6.04 Å². The van der Waals surface area contributed by atoms with Gasteiger partial charge in [0.2, 0.25) is 0 Å². The molecule has 0 aromatic heterocycles. The highest BCUT2D eigenvalue weighted by molar-refractivity contribution is 5.82. The number of carbonyl (C=O) groups excluding carboxylic acids is 1. The zero-order chi connectivity index (χ0) is 11.4. The molecule has 0 saturated carbocycles. The van der Waals surface area contributed by atoms with Gasteiger partial charge in [-0.15, -0.1) is 0 Å². The fourth-order valence-electron chi connectivity index (χ4n) is 1.55. The number of carbonyl (C=O) groups is 2. The Balaban J connectivity index is 2.44. The monoisotopic (exact) mass is 215 g/mol. The SMILES string of the molecule is CCC(NC(=O)N1CCC(N)C1)C(=O)O. The number of carboxylic acid groups (broad SMARTS) is 1. The van der Waals surface area contributed by atoms with Crippen molar-refractivity contribution in [2.45, 2.75) is 31.8 Å². The first-order chi connectivity index (χ1) is 7.04. The van der Waals surface area contributed by atoms with Crippen molar-refractivity contribution in [3.63, 3.8) is 0 Å². The van der Waals surface area contributed by atoms with Gasteiger partial charge in [-0.25, -0.2) is 9.59 Å². The molecule has 6 heteroatoms. The quantitative estimate of drug-likeness (QED) is 0.596. The Morgan fingerprint density at radius 3 is 2.73 bits per heavy atom. The topological polar surface area (TPSA) is 95.7 Å². The van der Waals surface area contributed by atoms with Crippen molar-refractivity contribution < 1.29 is 14.7 Å². The van der Waals surface area contributed by atoms with Gasteiger partial charge in [0, 0.05) is 19.1 Å². The molecule has 2 atom stereocenters. The van der Waals surface area contributed by atoms with Gasteiger partial charge in [-0.1, -0.05) is 6.92 Å². The van der Waals surface area contributed by atoms with Gasteiger partial charge in [0.15, 0.2) is 0 Å². The average molecular weight is 215 g/mol. The molecule has 1 aliphatic heterocycles. The molecular weight excluding hydrogens is 198 g/mol. The number of aliphatic carboxylic acids is 1. The number of nitrogens with two attached hydrogens (primary N) is 1. The molecule has 2 amide bonds. The van der Waals surface area contributed by atoms with Crippen molar-refractivity contribution in [2.24, 2.45) is 5.73 Å². The van der Waals surface area contributed by atoms with E-state index in [0.717, 1.165) is 6.42 Å². The van der Waals surface area contributed by atoms with Crippen LogP contribution in [0.15, 0.2) is 0 Å². The van der Waals surface area contributed by atoms with Crippen molar-refractivity contribution in [2.75, 3.05) is 13.1 Å². The van der Waals surface area contributed by atoms with Gasteiger partial charge >= 0.3 is 12.0 Å². The summed E-state index contributed by atoms with van der Waals surface area (Å²) in [4.78, 5) is 23.8. The van der Waals surface area contributed by atoms with Crippen LogP contribution in [-0.4, -0.2) is 47.2 Å². The van der Waals surface area contributed by atoms with E-state index in [-0.39, 0.29) is 12.1 Å². The molecule has 1 fully saturated rings. The fraction of sp³-hybridized carbons (Fsp3) is 0.778. The highest BCUT2D eigenvalue weighted by atomic mass is 16.4. The zero-order valence-electron chi connectivity index (χ0n) is 8.77. The molecule has 1 rings (SSSR count). The van der Waals surface area contributed by atoms with Crippen LogP contribution in [0.2, 0.25) is 0 Å². The summed E-state index contributed by atoms with van der Waals surface area (Å²) in [6.45, 7) is 2.82. The van der Waals surface area contributed by atoms with E-state index >= 15 is 0 Å². The van der Waals surface area contributed by atoms with E-state index in [9.17, 15) is 9.59 Å². The molecule has 15 heavy (non-hydrogen) atoms. The number of likely N-dealkylation sites (tertiary alicyclic amines) is 1. The molecule has 0 aromatic rings. The molecule has 0 radical (unpaired) electrons. The van der Waals surface area contributed by atoms with Gasteiger partial charge in [0.25, 0.3) is 0 Å². The van der Waals surface area contributed by atoms with Crippen LogP contribution < -0.4 is 11.1 Å². The molecule has 1 saturated heterocycles. The van der Waals surface area contributed by atoms with Gasteiger partial charge in [0.05, 0.1) is 0 Å². The minimum atomic E-state index is -1.01. The van der Waals surface area contributed by atoms with Gasteiger partial charge in [-0.05, 0) is 12.8 Å². The summed E-state index contributed by atoms with van der Waals surface area (Å²) in [5.41, 5.74) is 5.65. The Kier molecular flexibility index (Phi) is 3.90. The van der Waals surface area contributed by atoms with Crippen LogP contribution >= 0.6 is 0 Å². The van der Waals surface area contributed by atoms with E-state index < -0.39 is 12.0 Å². The number of nitrogens with zero attached hydrogens (tertiary/aromatic N) is 1. The van der Waals surface area contributed by atoms with Gasteiger partial charge in [-0.3, -0.25) is 0 Å². The minimum Gasteiger partial charge on any atom is -0.480 e.